The number of hydrogen-bond acceptors (Lipinski definition) is 5. The van der Waals surface area contributed by atoms with Crippen molar-refractivity contribution in [2.24, 2.45) is 22.2 Å². The fraction of sp³-hybridized carbons (Fsp3) is 0.500. The monoisotopic (exact) mass is 692 g/mol. The van der Waals surface area contributed by atoms with E-state index in [1.54, 1.807) is 10.6 Å². The molecule has 1 saturated carbocycles. The zero-order valence-corrected chi connectivity index (χ0v) is 30.8. The minimum absolute atomic E-state index is 0.0198. The minimum Gasteiger partial charge on any atom is -0.370 e. The number of rotatable bonds is 11. The van der Waals surface area contributed by atoms with Gasteiger partial charge in [0.15, 0.2) is 5.96 Å². The number of benzene rings is 2. The van der Waals surface area contributed by atoms with Crippen LogP contribution >= 0.6 is 11.6 Å². The van der Waals surface area contributed by atoms with Crippen molar-refractivity contribution in [1.82, 2.24) is 19.9 Å². The van der Waals surface area contributed by atoms with Gasteiger partial charge < -0.3 is 27.5 Å². The number of aliphatic imine (C=N–C) groups is 1. The maximum atomic E-state index is 14.0. The normalized spacial score (nSPS) is 14.7. The number of nitrogens with two attached hydrogens (primary N) is 3. The van der Waals surface area contributed by atoms with E-state index in [0.717, 1.165) is 67.4 Å². The molecule has 2 aromatic carbocycles. The first kappa shape index (κ1) is 38.1. The molecule has 9 nitrogen and oxygen atoms in total. The lowest BCUT2D eigenvalue weighted by atomic mass is 9.85. The number of halogens is 2. The fourth-order valence-electron chi connectivity index (χ4n) is 5.80. The van der Waals surface area contributed by atoms with Crippen LogP contribution in [0.5, 0.6) is 0 Å². The summed E-state index contributed by atoms with van der Waals surface area (Å²) >= 11 is 5.97. The molecule has 5 rings (SSSR count). The van der Waals surface area contributed by atoms with Crippen LogP contribution in [0.2, 0.25) is 5.02 Å². The molecule has 0 unspecified atom stereocenters. The quantitative estimate of drug-likeness (QED) is 0.0670. The number of aryl methyl sites for hydroxylation is 1. The second-order valence-electron chi connectivity index (χ2n) is 15.4. The Bertz CT molecular complexity index is 1800. The second-order valence-corrected chi connectivity index (χ2v) is 15.8. The van der Waals surface area contributed by atoms with E-state index in [0.29, 0.717) is 17.8 Å². The number of H-pyrrole nitrogens is 1. The predicted octanol–water partition coefficient (Wildman–Crippen LogP) is 6.70. The van der Waals surface area contributed by atoms with Gasteiger partial charge in [-0.25, -0.2) is 9.18 Å². The molecular formula is C38H54ClFN8O. The molecule has 266 valence electrons. The topological polar surface area (TPSA) is 153 Å². The van der Waals surface area contributed by atoms with Crippen LogP contribution in [0, 0.1) is 5.82 Å². The average molecular weight is 693 g/mol. The zero-order chi connectivity index (χ0) is 36.1. The van der Waals surface area contributed by atoms with Crippen molar-refractivity contribution in [2.75, 3.05) is 13.1 Å². The maximum Gasteiger partial charge on any atom is 0.354 e. The Morgan fingerprint density at radius 1 is 1.08 bits per heavy atom. The molecule has 0 radical (unpaired) electrons. The lowest BCUT2D eigenvalue weighted by Crippen LogP contribution is -2.30. The predicted molar refractivity (Wildman–Crippen MR) is 201 cm³/mol. The van der Waals surface area contributed by atoms with E-state index in [9.17, 15) is 9.18 Å². The van der Waals surface area contributed by atoms with Gasteiger partial charge >= 0.3 is 5.69 Å². The molecule has 49 heavy (non-hydrogen) atoms. The first-order valence-corrected chi connectivity index (χ1v) is 17.6. The van der Waals surface area contributed by atoms with Crippen LogP contribution in [0.4, 0.5) is 4.39 Å². The van der Waals surface area contributed by atoms with Crippen molar-refractivity contribution in [2.45, 2.75) is 109 Å². The van der Waals surface area contributed by atoms with E-state index in [-0.39, 0.29) is 44.9 Å². The molecular weight excluding hydrogens is 639 g/mol. The molecule has 0 bridgehead atoms. The summed E-state index contributed by atoms with van der Waals surface area (Å²) in [5.41, 5.74) is 21.4. The Hall–Kier alpha value is -3.73. The van der Waals surface area contributed by atoms with Gasteiger partial charge in [0.25, 0.3) is 0 Å². The highest BCUT2D eigenvalue weighted by Crippen LogP contribution is 2.45. The van der Waals surface area contributed by atoms with Crippen molar-refractivity contribution >= 4 is 28.6 Å². The first-order valence-electron chi connectivity index (χ1n) is 17.2. The second kappa shape index (κ2) is 15.4. The molecule has 1 atom stereocenters. The van der Waals surface area contributed by atoms with Gasteiger partial charge in [0.05, 0.1) is 10.7 Å². The lowest BCUT2D eigenvalue weighted by Gasteiger charge is -2.21. The maximum absolute atomic E-state index is 14.0. The SMILES string of the molecule is CC(C)(C)c1cc2cn(-c3ccc(C4(NCCCN=C(N)N)CC4)cc3)c(=O)nc2[nH]1.C[C@H](N)CCCc1cc(Cl)c(F)c(C(C)(C)C)c1. The Labute approximate surface area is 294 Å². The number of aromatic amines is 1. The molecule has 11 heteroatoms. The van der Waals surface area contributed by atoms with E-state index >= 15 is 0 Å². The van der Waals surface area contributed by atoms with Crippen molar-refractivity contribution in [1.29, 1.82) is 0 Å². The van der Waals surface area contributed by atoms with E-state index in [2.05, 4.69) is 59.2 Å². The van der Waals surface area contributed by atoms with Crippen molar-refractivity contribution in [3.8, 4) is 5.69 Å². The summed E-state index contributed by atoms with van der Waals surface area (Å²) in [4.78, 5) is 24.2. The molecule has 0 spiro atoms. The van der Waals surface area contributed by atoms with Crippen LogP contribution in [0.1, 0.15) is 103 Å². The molecule has 1 fully saturated rings. The fourth-order valence-corrected chi connectivity index (χ4v) is 6.04. The highest BCUT2D eigenvalue weighted by atomic mass is 35.5. The van der Waals surface area contributed by atoms with Gasteiger partial charge in [0, 0.05) is 40.8 Å². The molecule has 8 N–H and O–H groups in total. The summed E-state index contributed by atoms with van der Waals surface area (Å²) in [7, 11) is 0. The van der Waals surface area contributed by atoms with Crippen LogP contribution in [0.25, 0.3) is 16.7 Å². The molecule has 0 saturated heterocycles. The highest BCUT2D eigenvalue weighted by molar-refractivity contribution is 6.30. The molecule has 2 aromatic heterocycles. The van der Waals surface area contributed by atoms with Crippen LogP contribution in [-0.2, 0) is 22.8 Å². The van der Waals surface area contributed by atoms with Gasteiger partial charge in [-0.05, 0) is 98.4 Å². The third-order valence-electron chi connectivity index (χ3n) is 8.88. The van der Waals surface area contributed by atoms with Gasteiger partial charge in [-0.2, -0.15) is 4.98 Å². The standard InChI is InChI=1S/C23H31N7O.C15H23ClFN/c1-22(2,3)18-13-15-14-30(21(31)29-19(15)28-18)17-7-5-16(6-8-17)23(9-10-23)27-12-4-11-26-20(24)25;1-10(18)6-5-7-11-8-12(15(2,3)4)14(17)13(16)9-11/h5-8,13-14,27H,4,9-12H2,1-3H3,(H4,24,25,26)(H,28,29,31);8-10H,5-7,18H2,1-4H3/t;10-/m.0/s1. The number of nitrogens with zero attached hydrogens (tertiary/aromatic N) is 3. The van der Waals surface area contributed by atoms with E-state index in [4.69, 9.17) is 28.8 Å². The third-order valence-corrected chi connectivity index (χ3v) is 9.15. The molecule has 0 aliphatic heterocycles. The molecule has 4 aromatic rings. The third kappa shape index (κ3) is 10.2. The van der Waals surface area contributed by atoms with Gasteiger partial charge in [-0.3, -0.25) is 9.56 Å². The largest absolute Gasteiger partial charge is 0.370 e. The zero-order valence-electron chi connectivity index (χ0n) is 30.1. The number of aromatic nitrogens is 3. The Morgan fingerprint density at radius 3 is 2.33 bits per heavy atom. The van der Waals surface area contributed by atoms with Gasteiger partial charge in [0.1, 0.15) is 11.5 Å². The van der Waals surface area contributed by atoms with E-state index in [1.165, 1.54) is 5.56 Å². The smallest absolute Gasteiger partial charge is 0.354 e. The van der Waals surface area contributed by atoms with Crippen LogP contribution in [-0.4, -0.2) is 39.6 Å². The summed E-state index contributed by atoms with van der Waals surface area (Å²) in [6.07, 6.45) is 7.81. The molecule has 1 aliphatic carbocycles. The van der Waals surface area contributed by atoms with Crippen molar-refractivity contribution in [3.05, 3.63) is 92.4 Å². The Morgan fingerprint density at radius 2 is 1.76 bits per heavy atom. The number of guanidine groups is 1. The Balaban J connectivity index is 0.000000257. The van der Waals surface area contributed by atoms with Crippen LogP contribution in [0.15, 0.2) is 58.4 Å². The van der Waals surface area contributed by atoms with E-state index in [1.807, 2.05) is 52.1 Å². The van der Waals surface area contributed by atoms with Gasteiger partial charge in [-0.15, -0.1) is 0 Å². The molecule has 0 amide bonds. The van der Waals surface area contributed by atoms with E-state index < -0.39 is 0 Å². The number of fused-ring (bicyclic) bond motifs is 1. The van der Waals surface area contributed by atoms with Crippen molar-refractivity contribution < 1.29 is 4.39 Å². The summed E-state index contributed by atoms with van der Waals surface area (Å²) in [5, 5.41) is 4.78. The van der Waals surface area contributed by atoms with Crippen LogP contribution < -0.4 is 28.2 Å². The van der Waals surface area contributed by atoms with Crippen molar-refractivity contribution in [3.63, 3.8) is 0 Å². The summed E-state index contributed by atoms with van der Waals surface area (Å²) < 4.78 is 15.6. The van der Waals surface area contributed by atoms with Gasteiger partial charge in [0.2, 0.25) is 0 Å². The lowest BCUT2D eigenvalue weighted by molar-refractivity contribution is 0.512. The molecule has 1 aliphatic rings. The van der Waals surface area contributed by atoms with Crippen LogP contribution in [0.3, 0.4) is 0 Å². The Kier molecular flexibility index (Phi) is 12.0. The average Bonchev–Trinajstić information content (AvgIpc) is 3.67. The summed E-state index contributed by atoms with van der Waals surface area (Å²) in [6, 6.07) is 14.1. The summed E-state index contributed by atoms with van der Waals surface area (Å²) in [5.74, 6) is -0.158. The number of hydrogen-bond donors (Lipinski definition) is 5. The molecule has 2 heterocycles. The first-order chi connectivity index (χ1) is 22.9. The minimum atomic E-state index is -0.292. The van der Waals surface area contributed by atoms with Gasteiger partial charge in [-0.1, -0.05) is 71.3 Å². The summed E-state index contributed by atoms with van der Waals surface area (Å²) in [6.45, 7) is 15.8. The number of nitrogens with one attached hydrogen (secondary N) is 2. The highest BCUT2D eigenvalue weighted by Gasteiger charge is 2.43.